The van der Waals surface area contributed by atoms with Crippen molar-refractivity contribution in [3.8, 4) is 0 Å². The van der Waals surface area contributed by atoms with Crippen molar-refractivity contribution in [1.82, 2.24) is 0 Å². The van der Waals surface area contributed by atoms with Gasteiger partial charge in [0.15, 0.2) is 5.79 Å². The highest BCUT2D eigenvalue weighted by Gasteiger charge is 2.11. The van der Waals surface area contributed by atoms with E-state index in [0.717, 1.165) is 0 Å². The molecule has 0 radical (unpaired) electrons. The van der Waals surface area contributed by atoms with E-state index in [1.54, 1.807) is 14.2 Å². The van der Waals surface area contributed by atoms with Crippen molar-refractivity contribution in [2.75, 3.05) is 14.2 Å². The molecule has 0 N–H and O–H groups in total. The van der Waals surface area contributed by atoms with Crippen LogP contribution in [0.2, 0.25) is 0 Å². The Morgan fingerprint density at radius 2 is 1.11 bits per heavy atom. The van der Waals surface area contributed by atoms with E-state index < -0.39 is 5.79 Å². The van der Waals surface area contributed by atoms with Crippen LogP contribution in [0.3, 0.4) is 0 Å². The summed E-state index contributed by atoms with van der Waals surface area (Å²) >= 11 is 0. The van der Waals surface area contributed by atoms with Gasteiger partial charge in [0.2, 0.25) is 0 Å². The van der Waals surface area contributed by atoms with Gasteiger partial charge in [-0.15, -0.1) is 0 Å². The third kappa shape index (κ3) is 7.92. The lowest BCUT2D eigenvalue weighted by Crippen LogP contribution is -2.24. The molecule has 60 valence electrons. The van der Waals surface area contributed by atoms with Gasteiger partial charge in [-0.2, -0.15) is 0 Å². The Kier molecular flexibility index (Phi) is 10.7. The van der Waals surface area contributed by atoms with Crippen molar-refractivity contribution in [1.29, 1.82) is 0 Å². The second kappa shape index (κ2) is 6.05. The van der Waals surface area contributed by atoms with E-state index in [9.17, 15) is 0 Å². The number of ether oxygens (including phenoxy) is 2. The average Bonchev–Trinajstić information content (AvgIpc) is 1.68. The van der Waals surface area contributed by atoms with Gasteiger partial charge in [-0.25, -0.2) is 0 Å². The van der Waals surface area contributed by atoms with Gasteiger partial charge in [0.05, 0.1) is 0 Å². The van der Waals surface area contributed by atoms with E-state index in [1.807, 2.05) is 13.8 Å². The molecule has 0 saturated heterocycles. The second-order valence-corrected chi connectivity index (χ2v) is 1.81. The van der Waals surface area contributed by atoms with Crippen LogP contribution in [0.5, 0.6) is 0 Å². The van der Waals surface area contributed by atoms with Crippen LogP contribution in [0.25, 0.3) is 0 Å². The van der Waals surface area contributed by atoms with E-state index in [1.165, 1.54) is 0 Å². The van der Waals surface area contributed by atoms with E-state index in [-0.39, 0.29) is 14.9 Å². The zero-order chi connectivity index (χ0) is 5.91. The topological polar surface area (TPSA) is 18.5 Å². The highest BCUT2D eigenvalue weighted by molar-refractivity contribution is 4.47. The zero-order valence-corrected chi connectivity index (χ0v) is 5.32. The van der Waals surface area contributed by atoms with Crippen LogP contribution in [0.15, 0.2) is 0 Å². The summed E-state index contributed by atoms with van der Waals surface area (Å²) in [6.07, 6.45) is 0. The van der Waals surface area contributed by atoms with Gasteiger partial charge in [-0.1, -0.05) is 14.9 Å². The van der Waals surface area contributed by atoms with E-state index in [4.69, 9.17) is 9.47 Å². The minimum atomic E-state index is -0.417. The first-order valence-corrected chi connectivity index (χ1v) is 2.22. The summed E-state index contributed by atoms with van der Waals surface area (Å²) < 4.78 is 9.73. The molecule has 0 aromatic heterocycles. The van der Waals surface area contributed by atoms with Crippen molar-refractivity contribution in [3.05, 3.63) is 0 Å². The Balaban J connectivity index is -0.000000180. The fourth-order valence-corrected chi connectivity index (χ4v) is 0.0833. The summed E-state index contributed by atoms with van der Waals surface area (Å²) in [6, 6.07) is 0. The summed E-state index contributed by atoms with van der Waals surface area (Å²) in [5.74, 6) is -0.417. The van der Waals surface area contributed by atoms with Gasteiger partial charge in [0.1, 0.15) is 0 Å². The third-order valence-electron chi connectivity index (χ3n) is 0.983. The van der Waals surface area contributed by atoms with E-state index >= 15 is 0 Å². The first-order chi connectivity index (χ1) is 3.12. The normalized spacial score (nSPS) is 9.33. The van der Waals surface area contributed by atoms with Crippen LogP contribution in [-0.4, -0.2) is 20.0 Å². The van der Waals surface area contributed by atoms with Crippen LogP contribution in [-0.2, 0) is 9.47 Å². The Bertz CT molecular complexity index is 44.9. The molecule has 0 saturated carbocycles. The number of methoxy groups -OCH3 is 2. The van der Waals surface area contributed by atoms with Gasteiger partial charge >= 0.3 is 0 Å². The van der Waals surface area contributed by atoms with Crippen LogP contribution in [0.1, 0.15) is 28.7 Å². The molecular weight excluding hydrogens is 116 g/mol. The Morgan fingerprint density at radius 3 is 1.11 bits per heavy atom. The first-order valence-electron chi connectivity index (χ1n) is 2.22. The molecule has 0 aliphatic carbocycles. The van der Waals surface area contributed by atoms with Crippen molar-refractivity contribution < 1.29 is 9.47 Å². The first kappa shape index (κ1) is 16.0. The van der Waals surface area contributed by atoms with E-state index in [2.05, 4.69) is 0 Å². The fraction of sp³-hybridized carbons (Fsp3) is 1.00. The molecule has 0 bridgehead atoms. The Labute approximate surface area is 59.2 Å². The van der Waals surface area contributed by atoms with Crippen LogP contribution < -0.4 is 0 Å². The second-order valence-electron chi connectivity index (χ2n) is 1.81. The summed E-state index contributed by atoms with van der Waals surface area (Å²) in [5.41, 5.74) is 0. The van der Waals surface area contributed by atoms with Crippen molar-refractivity contribution in [3.63, 3.8) is 0 Å². The minimum Gasteiger partial charge on any atom is -0.354 e. The number of hydrogen-bond donors (Lipinski definition) is 0. The SMILES string of the molecule is C.C.COC(C)(C)OC. The van der Waals surface area contributed by atoms with E-state index in [0.29, 0.717) is 0 Å². The Hall–Kier alpha value is -0.0800. The van der Waals surface area contributed by atoms with Gasteiger partial charge in [0.25, 0.3) is 0 Å². The maximum Gasteiger partial charge on any atom is 0.161 e. The molecule has 0 aromatic rings. The molecule has 0 aromatic carbocycles. The summed E-state index contributed by atoms with van der Waals surface area (Å²) in [4.78, 5) is 0. The molecule has 0 heterocycles. The minimum absolute atomic E-state index is 0. The summed E-state index contributed by atoms with van der Waals surface area (Å²) in [7, 11) is 3.23. The molecule has 0 aliphatic heterocycles. The lowest BCUT2D eigenvalue weighted by atomic mass is 10.4. The van der Waals surface area contributed by atoms with Crippen LogP contribution in [0.4, 0.5) is 0 Å². The molecule has 0 unspecified atom stereocenters. The predicted octanol–water partition coefficient (Wildman–Crippen LogP) is 2.29. The van der Waals surface area contributed by atoms with Crippen LogP contribution in [0, 0.1) is 0 Å². The molecule has 9 heavy (non-hydrogen) atoms. The molecule has 2 heteroatoms. The Morgan fingerprint density at radius 1 is 0.889 bits per heavy atom. The number of rotatable bonds is 2. The molecule has 0 rings (SSSR count). The standard InChI is InChI=1S/C5H12O2.2CH4/c1-5(2,6-3)7-4;;/h1-4H3;2*1H4. The molecule has 0 spiro atoms. The quantitative estimate of drug-likeness (QED) is 0.542. The fourth-order valence-electron chi connectivity index (χ4n) is 0.0833. The van der Waals surface area contributed by atoms with Crippen molar-refractivity contribution in [2.45, 2.75) is 34.5 Å². The maximum absolute atomic E-state index is 4.86. The van der Waals surface area contributed by atoms with Gasteiger partial charge < -0.3 is 9.47 Å². The van der Waals surface area contributed by atoms with Gasteiger partial charge in [0, 0.05) is 14.2 Å². The predicted molar refractivity (Wildman–Crippen MR) is 41.6 cm³/mol. The molecule has 0 fully saturated rings. The molecule has 0 aliphatic rings. The monoisotopic (exact) mass is 136 g/mol. The van der Waals surface area contributed by atoms with Crippen molar-refractivity contribution >= 4 is 0 Å². The molecule has 0 atom stereocenters. The largest absolute Gasteiger partial charge is 0.354 e. The smallest absolute Gasteiger partial charge is 0.161 e. The van der Waals surface area contributed by atoms with Crippen molar-refractivity contribution in [2.24, 2.45) is 0 Å². The average molecular weight is 136 g/mol. The lowest BCUT2D eigenvalue weighted by molar-refractivity contribution is -0.178. The van der Waals surface area contributed by atoms with Crippen LogP contribution >= 0.6 is 0 Å². The highest BCUT2D eigenvalue weighted by atomic mass is 16.7. The molecule has 0 amide bonds. The molecule has 2 nitrogen and oxygen atoms in total. The van der Waals surface area contributed by atoms with Gasteiger partial charge in [-0.05, 0) is 13.8 Å². The summed E-state index contributed by atoms with van der Waals surface area (Å²) in [5, 5.41) is 0. The zero-order valence-electron chi connectivity index (χ0n) is 5.32. The molecular formula is C7H20O2. The number of hydrogen-bond acceptors (Lipinski definition) is 2. The third-order valence-corrected chi connectivity index (χ3v) is 0.983. The lowest BCUT2D eigenvalue weighted by Gasteiger charge is -2.19. The van der Waals surface area contributed by atoms with Gasteiger partial charge in [-0.3, -0.25) is 0 Å². The highest BCUT2D eigenvalue weighted by Crippen LogP contribution is 2.05. The summed E-state index contributed by atoms with van der Waals surface area (Å²) in [6.45, 7) is 3.71. The maximum atomic E-state index is 4.86.